The third kappa shape index (κ3) is 6.46. The summed E-state index contributed by atoms with van der Waals surface area (Å²) in [6, 6.07) is 16.9. The highest BCUT2D eigenvalue weighted by molar-refractivity contribution is 8.27. The van der Waals surface area contributed by atoms with Crippen molar-refractivity contribution in [3.63, 3.8) is 0 Å². The highest BCUT2D eigenvalue weighted by Crippen LogP contribution is 2.38. The summed E-state index contributed by atoms with van der Waals surface area (Å²) in [5.41, 5.74) is 1.56. The van der Waals surface area contributed by atoms with Gasteiger partial charge in [0.25, 0.3) is 17.5 Å². The van der Waals surface area contributed by atoms with E-state index in [9.17, 15) is 24.1 Å². The quantitative estimate of drug-likeness (QED) is 0.135. The van der Waals surface area contributed by atoms with Gasteiger partial charge in [0.1, 0.15) is 11.6 Å². The van der Waals surface area contributed by atoms with Crippen LogP contribution >= 0.6 is 24.0 Å². The molecule has 0 atom stereocenters. The molecule has 0 saturated carbocycles. The number of nitro benzene ring substituents is 1. The molecule has 4 rings (SSSR count). The van der Waals surface area contributed by atoms with Crippen LogP contribution in [0.25, 0.3) is 6.08 Å². The summed E-state index contributed by atoms with van der Waals surface area (Å²) >= 11 is 6.41. The van der Waals surface area contributed by atoms with Gasteiger partial charge in [-0.1, -0.05) is 42.2 Å². The number of nitro groups is 1. The first kappa shape index (κ1) is 28.7. The van der Waals surface area contributed by atoms with Crippen LogP contribution in [0.5, 0.6) is 5.75 Å². The van der Waals surface area contributed by atoms with Crippen molar-refractivity contribution < 1.29 is 23.6 Å². The molecule has 0 radical (unpaired) electrons. The zero-order chi connectivity index (χ0) is 28.8. The zero-order valence-corrected chi connectivity index (χ0v) is 23.3. The number of hydrogen-bond donors (Lipinski definition) is 1. The Bertz CT molecular complexity index is 1510. The maximum absolute atomic E-state index is 14.4. The van der Waals surface area contributed by atoms with Crippen molar-refractivity contribution in [3.05, 3.63) is 93.1 Å². The minimum Gasteiger partial charge on any atom is -0.483 e. The molecular formula is C28H25FN4O5S2. The fourth-order valence-corrected chi connectivity index (χ4v) is 5.32. The van der Waals surface area contributed by atoms with Crippen LogP contribution in [0.2, 0.25) is 0 Å². The second-order valence-electron chi connectivity index (χ2n) is 8.51. The molecule has 1 aliphatic heterocycles. The molecule has 0 unspecified atom stereocenters. The van der Waals surface area contributed by atoms with Crippen LogP contribution in [-0.4, -0.2) is 40.8 Å². The van der Waals surface area contributed by atoms with Crippen molar-refractivity contribution in [2.45, 2.75) is 13.8 Å². The SMILES string of the molecule is CCN(CC)c1ccc(/C=C2\SC(=S)N(c3ccccc3F)C2=O)c(OCC(=O)Nc2cccc([N+](=O)[O-])c2)c1. The minimum absolute atomic E-state index is 0.0691. The number of nitrogens with zero attached hydrogens (tertiary/aromatic N) is 3. The highest BCUT2D eigenvalue weighted by Gasteiger charge is 2.35. The summed E-state index contributed by atoms with van der Waals surface area (Å²) in [7, 11) is 0. The summed E-state index contributed by atoms with van der Waals surface area (Å²) in [6.45, 7) is 5.12. The molecule has 3 aromatic rings. The first-order chi connectivity index (χ1) is 19.2. The molecule has 0 aliphatic carbocycles. The largest absolute Gasteiger partial charge is 0.483 e. The molecule has 0 bridgehead atoms. The van der Waals surface area contributed by atoms with Crippen molar-refractivity contribution >= 4 is 68.9 Å². The third-order valence-corrected chi connectivity index (χ3v) is 7.30. The summed E-state index contributed by atoms with van der Waals surface area (Å²) in [6.07, 6.45) is 1.60. The number of benzene rings is 3. The number of thiocarbonyl (C=S) groups is 1. The number of hydrogen-bond acceptors (Lipinski definition) is 8. The standard InChI is InChI=1S/C28H25FN4O5S2/c1-3-31(4-2)20-13-12-18(14-25-27(35)32(28(39)40-25)23-11-6-5-10-22(23)29)24(16-20)38-17-26(34)30-19-8-7-9-21(15-19)33(36)37/h5-16H,3-4,17H2,1-2H3,(H,30,34)/b25-14-. The number of anilines is 3. The molecule has 0 aromatic heterocycles. The van der Waals surface area contributed by atoms with Gasteiger partial charge in [0, 0.05) is 48.2 Å². The molecule has 1 heterocycles. The Kier molecular flexibility index (Phi) is 9.12. The van der Waals surface area contributed by atoms with Crippen molar-refractivity contribution in [1.29, 1.82) is 0 Å². The van der Waals surface area contributed by atoms with Gasteiger partial charge in [-0.15, -0.1) is 0 Å². The van der Waals surface area contributed by atoms with Gasteiger partial charge in [-0.3, -0.25) is 24.6 Å². The predicted molar refractivity (Wildman–Crippen MR) is 159 cm³/mol. The van der Waals surface area contributed by atoms with Crippen LogP contribution in [-0.2, 0) is 9.59 Å². The van der Waals surface area contributed by atoms with E-state index < -0.39 is 22.6 Å². The summed E-state index contributed by atoms with van der Waals surface area (Å²) in [5, 5.41) is 13.6. The topological polar surface area (TPSA) is 105 Å². The molecule has 3 aromatic carbocycles. The smallest absolute Gasteiger partial charge is 0.271 e. The number of para-hydroxylation sites is 1. The minimum atomic E-state index is -0.567. The number of amides is 2. The zero-order valence-electron chi connectivity index (χ0n) is 21.6. The molecule has 1 saturated heterocycles. The lowest BCUT2D eigenvalue weighted by molar-refractivity contribution is -0.384. The summed E-state index contributed by atoms with van der Waals surface area (Å²) in [4.78, 5) is 39.8. The lowest BCUT2D eigenvalue weighted by Gasteiger charge is -2.22. The Balaban J connectivity index is 1.59. The molecule has 12 heteroatoms. The Labute approximate surface area is 239 Å². The second kappa shape index (κ2) is 12.7. The highest BCUT2D eigenvalue weighted by atomic mass is 32.2. The van der Waals surface area contributed by atoms with Crippen LogP contribution < -0.4 is 19.9 Å². The van der Waals surface area contributed by atoms with Gasteiger partial charge in [0.2, 0.25) is 0 Å². The molecule has 206 valence electrons. The second-order valence-corrected chi connectivity index (χ2v) is 10.2. The Morgan fingerprint density at radius 2 is 1.90 bits per heavy atom. The third-order valence-electron chi connectivity index (χ3n) is 6.00. The lowest BCUT2D eigenvalue weighted by Crippen LogP contribution is -2.28. The van der Waals surface area contributed by atoms with E-state index in [2.05, 4.69) is 10.2 Å². The fourth-order valence-electron chi connectivity index (χ4n) is 4.04. The van der Waals surface area contributed by atoms with Gasteiger partial charge in [-0.25, -0.2) is 4.39 Å². The number of halogens is 1. The van der Waals surface area contributed by atoms with Gasteiger partial charge in [-0.2, -0.15) is 0 Å². The maximum atomic E-state index is 14.4. The monoisotopic (exact) mass is 580 g/mol. The van der Waals surface area contributed by atoms with Crippen LogP contribution in [0, 0.1) is 15.9 Å². The van der Waals surface area contributed by atoms with Crippen molar-refractivity contribution in [2.24, 2.45) is 0 Å². The molecule has 9 nitrogen and oxygen atoms in total. The van der Waals surface area contributed by atoms with E-state index in [1.807, 2.05) is 19.9 Å². The Morgan fingerprint density at radius 3 is 2.60 bits per heavy atom. The van der Waals surface area contributed by atoms with Crippen LogP contribution in [0.15, 0.2) is 71.6 Å². The predicted octanol–water partition coefficient (Wildman–Crippen LogP) is 6.00. The first-order valence-corrected chi connectivity index (χ1v) is 13.5. The summed E-state index contributed by atoms with van der Waals surface area (Å²) < 4.78 is 20.5. The molecule has 0 spiro atoms. The van der Waals surface area contributed by atoms with Gasteiger partial charge < -0.3 is 15.0 Å². The Hall–Kier alpha value is -4.29. The van der Waals surface area contributed by atoms with Gasteiger partial charge in [0.05, 0.1) is 15.5 Å². The van der Waals surface area contributed by atoms with E-state index in [1.54, 1.807) is 24.3 Å². The maximum Gasteiger partial charge on any atom is 0.271 e. The van der Waals surface area contributed by atoms with E-state index in [-0.39, 0.29) is 32.9 Å². The van der Waals surface area contributed by atoms with E-state index in [0.29, 0.717) is 11.3 Å². The number of non-ortho nitro benzene ring substituents is 1. The molecule has 40 heavy (non-hydrogen) atoms. The van der Waals surface area contributed by atoms with E-state index >= 15 is 0 Å². The van der Waals surface area contributed by atoms with E-state index in [4.69, 9.17) is 17.0 Å². The van der Waals surface area contributed by atoms with Crippen molar-refractivity contribution in [3.8, 4) is 5.75 Å². The van der Waals surface area contributed by atoms with Crippen molar-refractivity contribution in [1.82, 2.24) is 0 Å². The molecule has 1 aliphatic rings. The van der Waals surface area contributed by atoms with Crippen LogP contribution in [0.1, 0.15) is 19.4 Å². The number of rotatable bonds is 10. The van der Waals surface area contributed by atoms with E-state index in [0.717, 1.165) is 35.4 Å². The van der Waals surface area contributed by atoms with Gasteiger partial charge >= 0.3 is 0 Å². The molecule has 2 amide bonds. The average Bonchev–Trinajstić information content (AvgIpc) is 3.21. The molecule has 1 fully saturated rings. The average molecular weight is 581 g/mol. The number of carbonyl (C=O) groups is 2. The lowest BCUT2D eigenvalue weighted by atomic mass is 10.1. The number of thioether (sulfide) groups is 1. The Morgan fingerprint density at radius 1 is 1.15 bits per heavy atom. The summed E-state index contributed by atoms with van der Waals surface area (Å²) in [5.74, 6) is -1.22. The molecule has 1 N–H and O–H groups in total. The fraction of sp³-hybridized carbons (Fsp3) is 0.179. The number of carbonyl (C=O) groups excluding carboxylic acids is 2. The van der Waals surface area contributed by atoms with Crippen LogP contribution in [0.4, 0.5) is 27.1 Å². The van der Waals surface area contributed by atoms with Gasteiger partial charge in [0.15, 0.2) is 10.9 Å². The number of nitrogens with one attached hydrogen (secondary N) is 1. The van der Waals surface area contributed by atoms with Crippen LogP contribution in [0.3, 0.4) is 0 Å². The first-order valence-electron chi connectivity index (χ1n) is 12.3. The normalized spacial score (nSPS) is 14.0. The molecular weight excluding hydrogens is 555 g/mol. The van der Waals surface area contributed by atoms with Crippen molar-refractivity contribution in [2.75, 3.05) is 34.8 Å². The van der Waals surface area contributed by atoms with E-state index in [1.165, 1.54) is 42.5 Å². The number of ether oxygens (including phenoxy) is 1. The van der Waals surface area contributed by atoms with Gasteiger partial charge in [-0.05, 0) is 50.3 Å².